The number of carbonyl (C=O) groups is 1. The van der Waals surface area contributed by atoms with Gasteiger partial charge in [0.25, 0.3) is 0 Å². The van der Waals surface area contributed by atoms with E-state index in [9.17, 15) is 9.90 Å². The number of hydrogen-bond acceptors (Lipinski definition) is 4. The first-order chi connectivity index (χ1) is 7.45. The second-order valence-corrected chi connectivity index (χ2v) is 4.77. The van der Waals surface area contributed by atoms with E-state index in [-0.39, 0.29) is 4.88 Å². The van der Waals surface area contributed by atoms with Crippen LogP contribution in [0, 0.1) is 0 Å². The van der Waals surface area contributed by atoms with Gasteiger partial charge in [-0.05, 0) is 26.3 Å². The molecule has 1 aromatic heterocycles. The van der Waals surface area contributed by atoms with E-state index in [1.54, 1.807) is 19.9 Å². The highest BCUT2D eigenvalue weighted by Crippen LogP contribution is 2.30. The topological polar surface area (TPSA) is 66.8 Å². The number of aliphatic hydroxyl groups excluding tert-OH is 1. The Morgan fingerprint density at radius 1 is 1.56 bits per heavy atom. The highest BCUT2D eigenvalue weighted by atomic mass is 32.1. The SMILES string of the molecule is CCc1cc(OC(C)C(C)O)c(C(=O)O)s1. The van der Waals surface area contributed by atoms with Gasteiger partial charge in [-0.2, -0.15) is 0 Å². The van der Waals surface area contributed by atoms with E-state index in [0.717, 1.165) is 11.3 Å². The Hall–Kier alpha value is -1.07. The number of hydrogen-bond donors (Lipinski definition) is 2. The van der Waals surface area contributed by atoms with Crippen molar-refractivity contribution >= 4 is 17.3 Å². The summed E-state index contributed by atoms with van der Waals surface area (Å²) >= 11 is 1.22. The number of aryl methyl sites for hydroxylation is 1. The van der Waals surface area contributed by atoms with Crippen molar-refractivity contribution < 1.29 is 19.7 Å². The molecule has 0 spiro atoms. The average molecular weight is 244 g/mol. The molecule has 2 N–H and O–H groups in total. The van der Waals surface area contributed by atoms with Crippen LogP contribution >= 0.6 is 11.3 Å². The molecule has 2 unspecified atom stereocenters. The smallest absolute Gasteiger partial charge is 0.349 e. The molecule has 1 rings (SSSR count). The lowest BCUT2D eigenvalue weighted by atomic mass is 10.2. The van der Waals surface area contributed by atoms with E-state index in [1.165, 1.54) is 11.3 Å². The van der Waals surface area contributed by atoms with Crippen molar-refractivity contribution in [2.24, 2.45) is 0 Å². The van der Waals surface area contributed by atoms with Crippen LogP contribution in [0.2, 0.25) is 0 Å². The lowest BCUT2D eigenvalue weighted by Crippen LogP contribution is -2.25. The third-order valence-corrected chi connectivity index (χ3v) is 3.53. The minimum Gasteiger partial charge on any atom is -0.486 e. The fraction of sp³-hybridized carbons (Fsp3) is 0.545. The Morgan fingerprint density at radius 3 is 2.62 bits per heavy atom. The normalized spacial score (nSPS) is 14.5. The third kappa shape index (κ3) is 2.96. The summed E-state index contributed by atoms with van der Waals surface area (Å²) in [5.74, 6) is -0.639. The van der Waals surface area contributed by atoms with Crippen LogP contribution in [0.4, 0.5) is 0 Å². The Balaban J connectivity index is 2.93. The summed E-state index contributed by atoms with van der Waals surface area (Å²) in [6.45, 7) is 5.27. The number of carboxylic acids is 1. The molecule has 16 heavy (non-hydrogen) atoms. The maximum Gasteiger partial charge on any atom is 0.349 e. The first-order valence-corrected chi connectivity index (χ1v) is 5.98. The Morgan fingerprint density at radius 2 is 2.19 bits per heavy atom. The number of thiophene rings is 1. The van der Waals surface area contributed by atoms with Crippen LogP contribution in [0.1, 0.15) is 35.3 Å². The Bertz CT molecular complexity index is 370. The van der Waals surface area contributed by atoms with Gasteiger partial charge in [0, 0.05) is 4.88 Å². The van der Waals surface area contributed by atoms with Gasteiger partial charge < -0.3 is 14.9 Å². The molecule has 90 valence electrons. The molecule has 0 aliphatic carbocycles. The van der Waals surface area contributed by atoms with Crippen molar-refractivity contribution in [1.82, 2.24) is 0 Å². The lowest BCUT2D eigenvalue weighted by Gasteiger charge is -2.16. The summed E-state index contributed by atoms with van der Waals surface area (Å²) in [6.07, 6.45) is -0.277. The van der Waals surface area contributed by atoms with E-state index in [0.29, 0.717) is 5.75 Å². The van der Waals surface area contributed by atoms with Crippen molar-refractivity contribution in [2.45, 2.75) is 39.4 Å². The standard InChI is InChI=1S/C11H16O4S/c1-4-8-5-9(10(16-8)11(13)14)15-7(3)6(2)12/h5-7,12H,4H2,1-3H3,(H,13,14). The fourth-order valence-corrected chi connectivity index (χ4v) is 2.00. The third-order valence-electron chi connectivity index (χ3n) is 2.28. The van der Waals surface area contributed by atoms with Gasteiger partial charge in [-0.3, -0.25) is 0 Å². The van der Waals surface area contributed by atoms with E-state index in [1.807, 2.05) is 6.92 Å². The maximum absolute atomic E-state index is 11.0. The number of ether oxygens (including phenoxy) is 1. The van der Waals surface area contributed by atoms with Gasteiger partial charge in [0.2, 0.25) is 0 Å². The van der Waals surface area contributed by atoms with Crippen molar-refractivity contribution in [3.05, 3.63) is 15.8 Å². The largest absolute Gasteiger partial charge is 0.486 e. The molecule has 0 aliphatic heterocycles. The van der Waals surface area contributed by atoms with E-state index in [2.05, 4.69) is 0 Å². The molecule has 0 amide bonds. The molecular formula is C11H16O4S. The summed E-state index contributed by atoms with van der Waals surface area (Å²) in [4.78, 5) is 12.1. The van der Waals surface area contributed by atoms with Crippen LogP contribution in [0.25, 0.3) is 0 Å². The molecule has 0 saturated heterocycles. The number of aliphatic hydroxyl groups is 1. The van der Waals surface area contributed by atoms with Crippen LogP contribution in [0.5, 0.6) is 5.75 Å². The molecule has 4 nitrogen and oxygen atoms in total. The van der Waals surface area contributed by atoms with E-state index < -0.39 is 18.2 Å². The number of rotatable bonds is 5. The van der Waals surface area contributed by atoms with Crippen molar-refractivity contribution in [3.8, 4) is 5.75 Å². The van der Waals surface area contributed by atoms with Crippen LogP contribution in [0.15, 0.2) is 6.07 Å². The molecular weight excluding hydrogens is 228 g/mol. The van der Waals surface area contributed by atoms with Crippen molar-refractivity contribution in [3.63, 3.8) is 0 Å². The number of carboxylic acid groups (broad SMARTS) is 1. The molecule has 0 aliphatic rings. The molecule has 0 aromatic carbocycles. The van der Waals surface area contributed by atoms with Gasteiger partial charge in [-0.1, -0.05) is 6.92 Å². The molecule has 2 atom stereocenters. The van der Waals surface area contributed by atoms with Gasteiger partial charge in [0.15, 0.2) is 4.88 Å². The minimum absolute atomic E-state index is 0.198. The lowest BCUT2D eigenvalue weighted by molar-refractivity contribution is 0.0567. The molecule has 1 aromatic rings. The minimum atomic E-state index is -0.988. The maximum atomic E-state index is 11.0. The molecule has 0 fully saturated rings. The molecule has 5 heteroatoms. The predicted molar refractivity (Wildman–Crippen MR) is 62.4 cm³/mol. The van der Waals surface area contributed by atoms with E-state index >= 15 is 0 Å². The van der Waals surface area contributed by atoms with Gasteiger partial charge in [0.05, 0.1) is 6.10 Å². The van der Waals surface area contributed by atoms with Crippen molar-refractivity contribution in [2.75, 3.05) is 0 Å². The van der Waals surface area contributed by atoms with Crippen molar-refractivity contribution in [1.29, 1.82) is 0 Å². The molecule has 0 saturated carbocycles. The molecule has 0 radical (unpaired) electrons. The van der Waals surface area contributed by atoms with Crippen LogP contribution in [-0.2, 0) is 6.42 Å². The average Bonchev–Trinajstić information content (AvgIpc) is 2.61. The van der Waals surface area contributed by atoms with Gasteiger partial charge >= 0.3 is 5.97 Å². The first-order valence-electron chi connectivity index (χ1n) is 5.16. The second-order valence-electron chi connectivity index (χ2n) is 3.63. The van der Waals surface area contributed by atoms with Crippen LogP contribution in [0.3, 0.4) is 0 Å². The van der Waals surface area contributed by atoms with Gasteiger partial charge in [0.1, 0.15) is 11.9 Å². The summed E-state index contributed by atoms with van der Waals surface area (Å²) < 4.78 is 5.43. The highest BCUT2D eigenvalue weighted by Gasteiger charge is 2.19. The zero-order chi connectivity index (χ0) is 12.3. The summed E-state index contributed by atoms with van der Waals surface area (Å²) in [5, 5.41) is 18.3. The Labute approximate surface area is 98.5 Å². The predicted octanol–water partition coefficient (Wildman–Crippen LogP) is 2.16. The van der Waals surface area contributed by atoms with Crippen LogP contribution in [-0.4, -0.2) is 28.4 Å². The molecule has 0 bridgehead atoms. The first kappa shape index (κ1) is 13.0. The summed E-state index contributed by atoms with van der Waals surface area (Å²) in [7, 11) is 0. The highest BCUT2D eigenvalue weighted by molar-refractivity contribution is 7.14. The summed E-state index contributed by atoms with van der Waals surface area (Å²) in [6, 6.07) is 1.73. The quantitative estimate of drug-likeness (QED) is 0.833. The monoisotopic (exact) mass is 244 g/mol. The van der Waals surface area contributed by atoms with Crippen LogP contribution < -0.4 is 4.74 Å². The summed E-state index contributed by atoms with van der Waals surface area (Å²) in [5.41, 5.74) is 0. The molecule has 1 heterocycles. The fourth-order valence-electron chi connectivity index (χ4n) is 1.13. The number of aromatic carboxylic acids is 1. The zero-order valence-corrected chi connectivity index (χ0v) is 10.4. The zero-order valence-electron chi connectivity index (χ0n) is 9.56. The van der Waals surface area contributed by atoms with E-state index in [4.69, 9.17) is 9.84 Å². The van der Waals surface area contributed by atoms with Gasteiger partial charge in [-0.25, -0.2) is 4.79 Å². The van der Waals surface area contributed by atoms with Gasteiger partial charge in [-0.15, -0.1) is 11.3 Å². The second kappa shape index (κ2) is 5.32. The Kier molecular flexibility index (Phi) is 4.32.